The summed E-state index contributed by atoms with van der Waals surface area (Å²) in [5.74, 6) is 0.367. The summed E-state index contributed by atoms with van der Waals surface area (Å²) in [5.41, 5.74) is 1.16. The first kappa shape index (κ1) is 20.9. The molecule has 30 heavy (non-hydrogen) atoms. The number of thioether (sulfide) groups is 1. The summed E-state index contributed by atoms with van der Waals surface area (Å²) in [5, 5.41) is 23.3. The molecule has 0 saturated heterocycles. The van der Waals surface area contributed by atoms with E-state index in [1.54, 1.807) is 22.7 Å². The number of fused-ring (bicyclic) bond motifs is 1. The zero-order valence-electron chi connectivity index (χ0n) is 17.5. The van der Waals surface area contributed by atoms with Gasteiger partial charge in [-0.2, -0.15) is 0 Å². The first-order valence-corrected chi connectivity index (χ1v) is 11.3. The van der Waals surface area contributed by atoms with E-state index in [1.165, 1.54) is 0 Å². The maximum Gasteiger partial charge on any atom is 0.252 e. The van der Waals surface area contributed by atoms with Crippen LogP contribution < -0.4 is 5.32 Å². The molecule has 2 N–H and O–H groups in total. The van der Waals surface area contributed by atoms with Crippen molar-refractivity contribution in [3.63, 3.8) is 0 Å². The van der Waals surface area contributed by atoms with Gasteiger partial charge in [0.2, 0.25) is 0 Å². The second kappa shape index (κ2) is 8.77. The molecular weight excluding hydrogens is 400 g/mol. The molecular formula is C21H28N6O2S. The Bertz CT molecular complexity index is 1020. The molecule has 1 unspecified atom stereocenters. The van der Waals surface area contributed by atoms with E-state index in [-0.39, 0.29) is 17.9 Å². The first-order chi connectivity index (χ1) is 14.4. The molecule has 9 heteroatoms. The van der Waals surface area contributed by atoms with Crippen molar-refractivity contribution < 1.29 is 9.90 Å². The van der Waals surface area contributed by atoms with E-state index >= 15 is 0 Å². The molecule has 0 radical (unpaired) electrons. The number of carbonyl (C=O) groups excluding carboxylic acids is 1. The highest BCUT2D eigenvalue weighted by Gasteiger charge is 2.25. The Morgan fingerprint density at radius 1 is 1.23 bits per heavy atom. The van der Waals surface area contributed by atoms with Crippen molar-refractivity contribution in [3.8, 4) is 0 Å². The van der Waals surface area contributed by atoms with Crippen molar-refractivity contribution in [1.29, 1.82) is 0 Å². The van der Waals surface area contributed by atoms with Gasteiger partial charge in [0.05, 0.1) is 5.56 Å². The number of nitrogens with one attached hydrogen (secondary N) is 1. The largest absolute Gasteiger partial charge is 0.385 e. The van der Waals surface area contributed by atoms with E-state index in [2.05, 4.69) is 20.5 Å². The third-order valence-corrected chi connectivity index (χ3v) is 7.05. The van der Waals surface area contributed by atoms with Crippen molar-refractivity contribution in [3.05, 3.63) is 42.1 Å². The van der Waals surface area contributed by atoms with Gasteiger partial charge in [-0.1, -0.05) is 25.6 Å². The van der Waals surface area contributed by atoms with Gasteiger partial charge in [-0.3, -0.25) is 9.20 Å². The highest BCUT2D eigenvalue weighted by atomic mass is 32.2. The van der Waals surface area contributed by atoms with Crippen LogP contribution in [0.2, 0.25) is 0 Å². The first-order valence-electron chi connectivity index (χ1n) is 10.4. The van der Waals surface area contributed by atoms with Gasteiger partial charge in [-0.05, 0) is 43.7 Å². The Kier molecular flexibility index (Phi) is 6.10. The average Bonchev–Trinajstić information content (AvgIpc) is 3.34. The predicted molar refractivity (Wildman–Crippen MR) is 115 cm³/mol. The molecule has 0 spiro atoms. The SMILES string of the molecule is CC(C)C(O)c1nnc2ccc(C(=O)NC3CCC(Sc4nccn4C)CC3)cn12. The minimum absolute atomic E-state index is 0.00806. The second-order valence-electron chi connectivity index (χ2n) is 8.28. The lowest BCUT2D eigenvalue weighted by Crippen LogP contribution is -2.38. The molecule has 1 fully saturated rings. The lowest BCUT2D eigenvalue weighted by Gasteiger charge is -2.28. The van der Waals surface area contributed by atoms with Crippen molar-refractivity contribution in [2.45, 2.75) is 62.1 Å². The van der Waals surface area contributed by atoms with E-state index in [1.807, 2.05) is 49.6 Å². The van der Waals surface area contributed by atoms with Crippen LogP contribution in [0.25, 0.3) is 5.65 Å². The molecule has 8 nitrogen and oxygen atoms in total. The van der Waals surface area contributed by atoms with Gasteiger partial charge in [0.1, 0.15) is 6.10 Å². The summed E-state index contributed by atoms with van der Waals surface area (Å²) in [6, 6.07) is 3.69. The minimum atomic E-state index is -0.732. The molecule has 1 aliphatic rings. The summed E-state index contributed by atoms with van der Waals surface area (Å²) < 4.78 is 3.75. The number of amides is 1. The maximum absolute atomic E-state index is 12.8. The van der Waals surface area contributed by atoms with E-state index in [9.17, 15) is 9.90 Å². The summed E-state index contributed by atoms with van der Waals surface area (Å²) in [4.78, 5) is 17.2. The van der Waals surface area contributed by atoms with E-state index in [4.69, 9.17) is 0 Å². The number of hydrogen-bond acceptors (Lipinski definition) is 6. The van der Waals surface area contributed by atoms with Crippen LogP contribution in [0, 0.1) is 5.92 Å². The molecule has 3 aromatic heterocycles. The number of rotatable bonds is 6. The molecule has 3 heterocycles. The van der Waals surface area contributed by atoms with Gasteiger partial charge in [0.15, 0.2) is 16.6 Å². The normalized spacial score (nSPS) is 20.6. The minimum Gasteiger partial charge on any atom is -0.385 e. The summed E-state index contributed by atoms with van der Waals surface area (Å²) in [7, 11) is 2.01. The molecule has 160 valence electrons. The monoisotopic (exact) mass is 428 g/mol. The van der Waals surface area contributed by atoms with E-state index in [0.29, 0.717) is 22.3 Å². The van der Waals surface area contributed by atoms with Gasteiger partial charge in [-0.25, -0.2) is 4.98 Å². The fraction of sp³-hybridized carbons (Fsp3) is 0.524. The summed E-state index contributed by atoms with van der Waals surface area (Å²) >= 11 is 1.82. The number of carbonyl (C=O) groups is 1. The standard InChI is InChI=1S/C21H28N6O2S/c1-13(2)18(28)19-25-24-17-9-4-14(12-27(17)19)20(29)23-15-5-7-16(8-6-15)30-21-22-10-11-26(21)3/h4,9-13,15-16,18,28H,5-8H2,1-3H3,(H,23,29). The number of aryl methyl sites for hydroxylation is 1. The van der Waals surface area contributed by atoms with Gasteiger partial charge >= 0.3 is 0 Å². The van der Waals surface area contributed by atoms with Crippen LogP contribution in [-0.4, -0.2) is 46.5 Å². The highest BCUT2D eigenvalue weighted by Crippen LogP contribution is 2.32. The number of pyridine rings is 1. The van der Waals surface area contributed by atoms with Gasteiger partial charge in [0, 0.05) is 36.9 Å². The van der Waals surface area contributed by atoms with Crippen LogP contribution in [0.4, 0.5) is 0 Å². The summed E-state index contributed by atoms with van der Waals surface area (Å²) in [6.07, 6.45) is 8.80. The van der Waals surface area contributed by atoms with Crippen molar-refractivity contribution in [2.24, 2.45) is 13.0 Å². The fourth-order valence-corrected chi connectivity index (χ4v) is 4.91. The molecule has 1 aliphatic carbocycles. The van der Waals surface area contributed by atoms with Crippen LogP contribution in [-0.2, 0) is 7.05 Å². The number of aliphatic hydroxyl groups is 1. The smallest absolute Gasteiger partial charge is 0.252 e. The second-order valence-corrected chi connectivity index (χ2v) is 9.55. The number of imidazole rings is 1. The Balaban J connectivity index is 1.38. The Morgan fingerprint density at radius 3 is 2.67 bits per heavy atom. The van der Waals surface area contributed by atoms with Crippen LogP contribution >= 0.6 is 11.8 Å². The number of nitrogens with zero attached hydrogens (tertiary/aromatic N) is 5. The van der Waals surface area contributed by atoms with E-state index in [0.717, 1.165) is 30.8 Å². The topological polar surface area (TPSA) is 97.3 Å². The third kappa shape index (κ3) is 4.37. The quantitative estimate of drug-likeness (QED) is 0.626. The molecule has 4 rings (SSSR count). The van der Waals surface area contributed by atoms with Gasteiger partial charge in [-0.15, -0.1) is 10.2 Å². The van der Waals surface area contributed by atoms with E-state index < -0.39 is 6.10 Å². The Labute approximate surface area is 180 Å². The molecule has 1 saturated carbocycles. The maximum atomic E-state index is 12.8. The zero-order chi connectivity index (χ0) is 21.3. The molecule has 3 aromatic rings. The van der Waals surface area contributed by atoms with Crippen molar-refractivity contribution in [2.75, 3.05) is 0 Å². The summed E-state index contributed by atoms with van der Waals surface area (Å²) in [6.45, 7) is 3.84. The molecule has 0 aliphatic heterocycles. The fourth-order valence-electron chi connectivity index (χ4n) is 3.75. The van der Waals surface area contributed by atoms with Crippen LogP contribution in [0.5, 0.6) is 0 Å². The van der Waals surface area contributed by atoms with Gasteiger partial charge < -0.3 is 15.0 Å². The molecule has 0 aromatic carbocycles. The third-order valence-electron chi connectivity index (χ3n) is 5.65. The average molecular weight is 429 g/mol. The molecule has 0 bridgehead atoms. The lowest BCUT2D eigenvalue weighted by atomic mass is 9.95. The Hall–Kier alpha value is -2.39. The Morgan fingerprint density at radius 2 is 2.00 bits per heavy atom. The molecule has 1 atom stereocenters. The van der Waals surface area contributed by atoms with Crippen LogP contribution in [0.15, 0.2) is 35.9 Å². The van der Waals surface area contributed by atoms with Crippen LogP contribution in [0.1, 0.15) is 61.8 Å². The lowest BCUT2D eigenvalue weighted by molar-refractivity contribution is 0.0927. The number of aromatic nitrogens is 5. The van der Waals surface area contributed by atoms with Crippen molar-refractivity contribution in [1.82, 2.24) is 29.5 Å². The highest BCUT2D eigenvalue weighted by molar-refractivity contribution is 7.99. The number of hydrogen-bond donors (Lipinski definition) is 2. The predicted octanol–water partition coefficient (Wildman–Crippen LogP) is 2.99. The van der Waals surface area contributed by atoms with Crippen molar-refractivity contribution >= 4 is 23.3 Å². The number of aliphatic hydroxyl groups excluding tert-OH is 1. The molecule has 1 amide bonds. The van der Waals surface area contributed by atoms with Gasteiger partial charge in [0.25, 0.3) is 5.91 Å². The van der Waals surface area contributed by atoms with Crippen LogP contribution in [0.3, 0.4) is 0 Å². The zero-order valence-corrected chi connectivity index (χ0v) is 18.3.